The summed E-state index contributed by atoms with van der Waals surface area (Å²) in [6.45, 7) is 4.74. The van der Waals surface area contributed by atoms with E-state index < -0.39 is 9.84 Å². The van der Waals surface area contributed by atoms with Gasteiger partial charge in [-0.3, -0.25) is 0 Å². The molecule has 0 aliphatic heterocycles. The maximum Gasteiger partial charge on any atom is 0.177 e. The normalized spacial score (nSPS) is 11.5. The van der Waals surface area contributed by atoms with E-state index in [0.717, 1.165) is 31.7 Å². The zero-order chi connectivity index (χ0) is 13.6. The number of hydrogen-bond acceptors (Lipinski definition) is 4. The van der Waals surface area contributed by atoms with Crippen molar-refractivity contribution in [3.05, 3.63) is 24.3 Å². The van der Waals surface area contributed by atoms with Crippen molar-refractivity contribution in [2.45, 2.75) is 18.2 Å². The van der Waals surface area contributed by atoms with E-state index >= 15 is 0 Å². The lowest BCUT2D eigenvalue weighted by Crippen LogP contribution is -2.30. The first-order valence-corrected chi connectivity index (χ1v) is 8.07. The van der Waals surface area contributed by atoms with Gasteiger partial charge < -0.3 is 10.2 Å². The summed E-state index contributed by atoms with van der Waals surface area (Å²) in [5, 5.41) is 3.30. The van der Waals surface area contributed by atoms with Crippen LogP contribution in [0, 0.1) is 0 Å². The van der Waals surface area contributed by atoms with Crippen molar-refractivity contribution in [2.75, 3.05) is 37.8 Å². The standard InChI is InChI=1S/C13H22N2O2S/c1-4-9-14-10-11-15(2)12-7-5-6-8-13(12)18(3,16)17/h5-8,14H,4,9-11H2,1-3H3. The van der Waals surface area contributed by atoms with Crippen molar-refractivity contribution in [3.63, 3.8) is 0 Å². The largest absolute Gasteiger partial charge is 0.372 e. The number of para-hydroxylation sites is 1. The first kappa shape index (κ1) is 15.0. The molecule has 1 aromatic rings. The fourth-order valence-electron chi connectivity index (χ4n) is 1.76. The summed E-state index contributed by atoms with van der Waals surface area (Å²) < 4.78 is 23.4. The molecule has 0 bridgehead atoms. The Morgan fingerprint density at radius 2 is 1.89 bits per heavy atom. The molecule has 5 heteroatoms. The summed E-state index contributed by atoms with van der Waals surface area (Å²) >= 11 is 0. The van der Waals surface area contributed by atoms with Gasteiger partial charge in [0.1, 0.15) is 0 Å². The molecule has 0 amide bonds. The Labute approximate surface area is 110 Å². The Bertz CT molecular complexity index is 472. The Morgan fingerprint density at radius 3 is 2.50 bits per heavy atom. The summed E-state index contributed by atoms with van der Waals surface area (Å²) in [5.74, 6) is 0. The topological polar surface area (TPSA) is 49.4 Å². The van der Waals surface area contributed by atoms with Crippen molar-refractivity contribution < 1.29 is 8.42 Å². The summed E-state index contributed by atoms with van der Waals surface area (Å²) in [5.41, 5.74) is 0.762. The predicted molar refractivity (Wildman–Crippen MR) is 76.0 cm³/mol. The van der Waals surface area contributed by atoms with E-state index in [-0.39, 0.29) is 0 Å². The molecule has 0 unspecified atom stereocenters. The minimum atomic E-state index is -3.18. The molecule has 102 valence electrons. The van der Waals surface area contributed by atoms with Crippen LogP contribution in [0.25, 0.3) is 0 Å². The highest BCUT2D eigenvalue weighted by Gasteiger charge is 2.14. The van der Waals surface area contributed by atoms with E-state index in [4.69, 9.17) is 0 Å². The van der Waals surface area contributed by atoms with Gasteiger partial charge in [-0.25, -0.2) is 8.42 Å². The molecule has 18 heavy (non-hydrogen) atoms. The molecule has 4 nitrogen and oxygen atoms in total. The quantitative estimate of drug-likeness (QED) is 0.763. The first-order valence-electron chi connectivity index (χ1n) is 6.17. The molecule has 0 atom stereocenters. The van der Waals surface area contributed by atoms with Gasteiger partial charge in [0, 0.05) is 26.4 Å². The van der Waals surface area contributed by atoms with E-state index in [9.17, 15) is 8.42 Å². The number of nitrogens with zero attached hydrogens (tertiary/aromatic N) is 1. The van der Waals surface area contributed by atoms with Crippen LogP contribution in [0.1, 0.15) is 13.3 Å². The molecule has 0 radical (unpaired) electrons. The van der Waals surface area contributed by atoms with E-state index in [1.54, 1.807) is 12.1 Å². The van der Waals surface area contributed by atoms with Crippen LogP contribution in [0.4, 0.5) is 5.69 Å². The van der Waals surface area contributed by atoms with Crippen molar-refractivity contribution in [1.29, 1.82) is 0 Å². The maximum atomic E-state index is 11.7. The van der Waals surface area contributed by atoms with E-state index in [0.29, 0.717) is 4.90 Å². The van der Waals surface area contributed by atoms with Gasteiger partial charge in [0.05, 0.1) is 10.6 Å². The van der Waals surface area contributed by atoms with Crippen molar-refractivity contribution >= 4 is 15.5 Å². The third kappa shape index (κ3) is 4.31. The van der Waals surface area contributed by atoms with Crippen molar-refractivity contribution in [3.8, 4) is 0 Å². The highest BCUT2D eigenvalue weighted by molar-refractivity contribution is 7.90. The van der Waals surface area contributed by atoms with Gasteiger partial charge >= 0.3 is 0 Å². The SMILES string of the molecule is CCCNCCN(C)c1ccccc1S(C)(=O)=O. The third-order valence-corrected chi connectivity index (χ3v) is 3.87. The molecule has 1 N–H and O–H groups in total. The Morgan fingerprint density at radius 1 is 1.22 bits per heavy atom. The molecule has 0 spiro atoms. The second-order valence-corrected chi connectivity index (χ2v) is 6.40. The van der Waals surface area contributed by atoms with E-state index in [2.05, 4.69) is 12.2 Å². The van der Waals surface area contributed by atoms with Crippen LogP contribution >= 0.6 is 0 Å². The molecule has 0 heterocycles. The molecule has 1 rings (SSSR count). The minimum Gasteiger partial charge on any atom is -0.372 e. The monoisotopic (exact) mass is 270 g/mol. The van der Waals surface area contributed by atoms with Crippen molar-refractivity contribution in [2.24, 2.45) is 0 Å². The average Bonchev–Trinajstić information content (AvgIpc) is 2.33. The Kier molecular flexibility index (Phi) is 5.62. The summed E-state index contributed by atoms with van der Waals surface area (Å²) in [6.07, 6.45) is 2.35. The van der Waals surface area contributed by atoms with Gasteiger partial charge in [-0.2, -0.15) is 0 Å². The second kappa shape index (κ2) is 6.75. The number of anilines is 1. The number of benzene rings is 1. The first-order chi connectivity index (χ1) is 8.46. The number of rotatable bonds is 7. The summed E-state index contributed by atoms with van der Waals surface area (Å²) in [7, 11) is -1.26. The highest BCUT2D eigenvalue weighted by atomic mass is 32.2. The van der Waals surface area contributed by atoms with Gasteiger partial charge in [-0.1, -0.05) is 19.1 Å². The van der Waals surface area contributed by atoms with E-state index in [1.165, 1.54) is 6.26 Å². The molecule has 0 fully saturated rings. The summed E-state index contributed by atoms with van der Waals surface area (Å²) in [6, 6.07) is 7.11. The van der Waals surface area contributed by atoms with Gasteiger partial charge in [-0.15, -0.1) is 0 Å². The van der Waals surface area contributed by atoms with Crippen LogP contribution in [-0.2, 0) is 9.84 Å². The van der Waals surface area contributed by atoms with Crippen LogP contribution in [0.5, 0.6) is 0 Å². The molecular formula is C13H22N2O2S. The van der Waals surface area contributed by atoms with Gasteiger partial charge in [0.2, 0.25) is 0 Å². The molecule has 1 aromatic carbocycles. The number of likely N-dealkylation sites (N-methyl/N-ethyl adjacent to an activating group) is 1. The molecule has 0 aromatic heterocycles. The number of nitrogens with one attached hydrogen (secondary N) is 1. The Balaban J connectivity index is 2.77. The summed E-state index contributed by atoms with van der Waals surface area (Å²) in [4.78, 5) is 2.36. The van der Waals surface area contributed by atoms with Gasteiger partial charge in [0.25, 0.3) is 0 Å². The van der Waals surface area contributed by atoms with Crippen molar-refractivity contribution in [1.82, 2.24) is 5.32 Å². The lowest BCUT2D eigenvalue weighted by Gasteiger charge is -2.21. The predicted octanol–water partition coefficient (Wildman–Crippen LogP) is 1.53. The fourth-order valence-corrected chi connectivity index (χ4v) is 2.68. The van der Waals surface area contributed by atoms with Crippen LogP contribution in [0.15, 0.2) is 29.2 Å². The molecule has 0 aliphatic carbocycles. The van der Waals surface area contributed by atoms with Gasteiger partial charge in [-0.05, 0) is 25.1 Å². The maximum absolute atomic E-state index is 11.7. The van der Waals surface area contributed by atoms with Crippen LogP contribution < -0.4 is 10.2 Å². The Hall–Kier alpha value is -1.07. The third-order valence-electron chi connectivity index (χ3n) is 2.73. The molecule has 0 aliphatic rings. The number of hydrogen-bond donors (Lipinski definition) is 1. The second-order valence-electron chi connectivity index (χ2n) is 4.41. The lowest BCUT2D eigenvalue weighted by molar-refractivity contribution is 0.601. The van der Waals surface area contributed by atoms with Crippen LogP contribution in [0.2, 0.25) is 0 Å². The fraction of sp³-hybridized carbons (Fsp3) is 0.538. The van der Waals surface area contributed by atoms with Crippen LogP contribution in [0.3, 0.4) is 0 Å². The molecular weight excluding hydrogens is 248 g/mol. The van der Waals surface area contributed by atoms with Crippen LogP contribution in [-0.4, -0.2) is 41.4 Å². The highest BCUT2D eigenvalue weighted by Crippen LogP contribution is 2.23. The average molecular weight is 270 g/mol. The zero-order valence-electron chi connectivity index (χ0n) is 11.3. The molecule has 0 saturated heterocycles. The lowest BCUT2D eigenvalue weighted by atomic mass is 10.3. The zero-order valence-corrected chi connectivity index (χ0v) is 12.1. The van der Waals surface area contributed by atoms with Gasteiger partial charge in [0.15, 0.2) is 9.84 Å². The minimum absolute atomic E-state index is 0.392. The smallest absolute Gasteiger partial charge is 0.177 e. The number of sulfone groups is 1. The van der Waals surface area contributed by atoms with E-state index in [1.807, 2.05) is 24.1 Å². The molecule has 0 saturated carbocycles.